The first-order chi connectivity index (χ1) is 9.17. The predicted octanol–water partition coefficient (Wildman–Crippen LogP) is 3.44. The van der Waals surface area contributed by atoms with E-state index in [2.05, 4.69) is 0 Å². The lowest BCUT2D eigenvalue weighted by atomic mass is 10.0. The molecule has 0 fully saturated rings. The number of aliphatic hydroxyl groups is 1. The van der Waals surface area contributed by atoms with Crippen molar-refractivity contribution in [3.8, 4) is 11.5 Å². The van der Waals surface area contributed by atoms with Gasteiger partial charge in [-0.15, -0.1) is 0 Å². The van der Waals surface area contributed by atoms with E-state index in [-0.39, 0.29) is 0 Å². The summed E-state index contributed by atoms with van der Waals surface area (Å²) in [6.45, 7) is 0. The van der Waals surface area contributed by atoms with Gasteiger partial charge in [0.1, 0.15) is 6.10 Å². The van der Waals surface area contributed by atoms with Crippen LogP contribution in [-0.2, 0) is 0 Å². The second kappa shape index (κ2) is 5.95. The number of methoxy groups -OCH3 is 2. The molecule has 0 bridgehead atoms. The van der Waals surface area contributed by atoms with E-state index in [4.69, 9.17) is 21.1 Å². The second-order valence-corrected chi connectivity index (χ2v) is 4.46. The average molecular weight is 279 g/mol. The van der Waals surface area contributed by atoms with E-state index in [1.807, 2.05) is 30.3 Å². The normalized spacial score (nSPS) is 12.0. The lowest BCUT2D eigenvalue weighted by molar-refractivity contribution is 0.219. The van der Waals surface area contributed by atoms with E-state index >= 15 is 0 Å². The van der Waals surface area contributed by atoms with E-state index in [9.17, 15) is 5.11 Å². The van der Waals surface area contributed by atoms with Crippen molar-refractivity contribution in [3.63, 3.8) is 0 Å². The molecule has 0 aliphatic rings. The molecule has 0 amide bonds. The van der Waals surface area contributed by atoms with Crippen LogP contribution in [0.3, 0.4) is 0 Å². The third-order valence-electron chi connectivity index (χ3n) is 2.89. The Morgan fingerprint density at radius 2 is 1.68 bits per heavy atom. The zero-order valence-electron chi connectivity index (χ0n) is 10.8. The summed E-state index contributed by atoms with van der Waals surface area (Å²) in [6, 6.07) is 12.8. The summed E-state index contributed by atoms with van der Waals surface area (Å²) in [5.74, 6) is 0.966. The highest BCUT2D eigenvalue weighted by Crippen LogP contribution is 2.38. The zero-order valence-corrected chi connectivity index (χ0v) is 11.5. The van der Waals surface area contributed by atoms with Crippen molar-refractivity contribution in [2.45, 2.75) is 6.10 Å². The molecule has 0 aliphatic carbocycles. The van der Waals surface area contributed by atoms with E-state index in [1.165, 1.54) is 14.2 Å². The van der Waals surface area contributed by atoms with Crippen LogP contribution in [-0.4, -0.2) is 19.3 Å². The fourth-order valence-electron chi connectivity index (χ4n) is 1.92. The number of benzene rings is 2. The molecule has 2 aromatic carbocycles. The van der Waals surface area contributed by atoms with Crippen molar-refractivity contribution >= 4 is 11.6 Å². The Labute approximate surface area is 117 Å². The highest BCUT2D eigenvalue weighted by atomic mass is 35.5. The maximum atomic E-state index is 10.3. The number of halogens is 1. The molecule has 0 saturated heterocycles. The van der Waals surface area contributed by atoms with Gasteiger partial charge in [0.15, 0.2) is 11.5 Å². The summed E-state index contributed by atoms with van der Waals surface area (Å²) < 4.78 is 10.4. The molecule has 2 aromatic rings. The second-order valence-electron chi connectivity index (χ2n) is 4.05. The van der Waals surface area contributed by atoms with Gasteiger partial charge in [0.2, 0.25) is 0 Å². The van der Waals surface area contributed by atoms with Gasteiger partial charge in [-0.3, -0.25) is 0 Å². The highest BCUT2D eigenvalue weighted by molar-refractivity contribution is 6.32. The third-order valence-corrected chi connectivity index (χ3v) is 3.17. The van der Waals surface area contributed by atoms with Crippen molar-refractivity contribution in [3.05, 3.63) is 58.6 Å². The first-order valence-corrected chi connectivity index (χ1v) is 6.19. The molecule has 1 unspecified atom stereocenters. The van der Waals surface area contributed by atoms with Crippen molar-refractivity contribution < 1.29 is 14.6 Å². The molecule has 0 aliphatic heterocycles. The lowest BCUT2D eigenvalue weighted by Gasteiger charge is -2.15. The number of ether oxygens (including phenoxy) is 2. The predicted molar refractivity (Wildman–Crippen MR) is 75.1 cm³/mol. The van der Waals surface area contributed by atoms with Crippen LogP contribution in [0.2, 0.25) is 5.02 Å². The minimum atomic E-state index is -0.751. The molecule has 0 heterocycles. The summed E-state index contributed by atoms with van der Waals surface area (Å²) >= 11 is 6.13. The maximum Gasteiger partial charge on any atom is 0.179 e. The highest BCUT2D eigenvalue weighted by Gasteiger charge is 2.16. The monoisotopic (exact) mass is 278 g/mol. The van der Waals surface area contributed by atoms with Crippen LogP contribution in [0, 0.1) is 0 Å². The molecule has 0 aromatic heterocycles. The molecule has 0 saturated carbocycles. The molecule has 19 heavy (non-hydrogen) atoms. The Morgan fingerprint density at radius 1 is 1.00 bits per heavy atom. The standard InChI is InChI=1S/C15H15ClO3/c1-18-13-9-11(8-12(16)15(13)19-2)14(17)10-6-4-3-5-7-10/h3-9,14,17H,1-2H3. The van der Waals surface area contributed by atoms with Gasteiger partial charge in [-0.25, -0.2) is 0 Å². The Balaban J connectivity index is 2.43. The van der Waals surface area contributed by atoms with Crippen LogP contribution in [0.4, 0.5) is 0 Å². The molecule has 0 radical (unpaired) electrons. The Morgan fingerprint density at radius 3 is 2.26 bits per heavy atom. The van der Waals surface area contributed by atoms with E-state index in [0.717, 1.165) is 5.56 Å². The molecular formula is C15H15ClO3. The topological polar surface area (TPSA) is 38.7 Å². The molecular weight excluding hydrogens is 264 g/mol. The van der Waals surface area contributed by atoms with Gasteiger partial charge >= 0.3 is 0 Å². The summed E-state index contributed by atoms with van der Waals surface area (Å²) in [7, 11) is 3.06. The first-order valence-electron chi connectivity index (χ1n) is 5.81. The summed E-state index contributed by atoms with van der Waals surface area (Å²) in [5, 5.41) is 10.8. The van der Waals surface area contributed by atoms with E-state index < -0.39 is 6.10 Å². The molecule has 1 N–H and O–H groups in total. The van der Waals surface area contributed by atoms with Crippen LogP contribution >= 0.6 is 11.6 Å². The van der Waals surface area contributed by atoms with Crippen LogP contribution in [0.25, 0.3) is 0 Å². The van der Waals surface area contributed by atoms with Crippen molar-refractivity contribution in [1.82, 2.24) is 0 Å². The van der Waals surface area contributed by atoms with Crippen LogP contribution in [0.1, 0.15) is 17.2 Å². The fourth-order valence-corrected chi connectivity index (χ4v) is 2.22. The van der Waals surface area contributed by atoms with Crippen molar-refractivity contribution in [2.75, 3.05) is 14.2 Å². The van der Waals surface area contributed by atoms with Crippen LogP contribution in [0.15, 0.2) is 42.5 Å². The number of rotatable bonds is 4. The number of aliphatic hydroxyl groups excluding tert-OH is 1. The van der Waals surface area contributed by atoms with E-state index in [0.29, 0.717) is 22.1 Å². The molecule has 3 nitrogen and oxygen atoms in total. The summed E-state index contributed by atoms with van der Waals surface area (Å²) in [6.07, 6.45) is -0.751. The molecule has 0 spiro atoms. The zero-order chi connectivity index (χ0) is 13.8. The van der Waals surface area contributed by atoms with Crippen LogP contribution in [0.5, 0.6) is 11.5 Å². The summed E-state index contributed by atoms with van der Waals surface area (Å²) in [4.78, 5) is 0. The largest absolute Gasteiger partial charge is 0.493 e. The smallest absolute Gasteiger partial charge is 0.179 e. The Kier molecular flexibility index (Phi) is 4.30. The van der Waals surface area contributed by atoms with Crippen molar-refractivity contribution in [1.29, 1.82) is 0 Å². The van der Waals surface area contributed by atoms with Gasteiger partial charge in [0.05, 0.1) is 19.2 Å². The van der Waals surface area contributed by atoms with Gasteiger partial charge in [0.25, 0.3) is 0 Å². The third kappa shape index (κ3) is 2.83. The van der Waals surface area contributed by atoms with Gasteiger partial charge < -0.3 is 14.6 Å². The SMILES string of the molecule is COc1cc(C(O)c2ccccc2)cc(Cl)c1OC. The first kappa shape index (κ1) is 13.7. The fraction of sp³-hybridized carbons (Fsp3) is 0.200. The minimum absolute atomic E-state index is 0.409. The van der Waals surface area contributed by atoms with Gasteiger partial charge in [-0.1, -0.05) is 41.9 Å². The van der Waals surface area contributed by atoms with Crippen LogP contribution < -0.4 is 9.47 Å². The van der Waals surface area contributed by atoms with Gasteiger partial charge in [-0.2, -0.15) is 0 Å². The van der Waals surface area contributed by atoms with Gasteiger partial charge in [-0.05, 0) is 23.3 Å². The number of hydrogen-bond donors (Lipinski definition) is 1. The summed E-state index contributed by atoms with van der Waals surface area (Å²) in [5.41, 5.74) is 1.46. The molecule has 4 heteroatoms. The quantitative estimate of drug-likeness (QED) is 0.931. The molecule has 2 rings (SSSR count). The molecule has 1 atom stereocenters. The Hall–Kier alpha value is -1.71. The van der Waals surface area contributed by atoms with Gasteiger partial charge in [0, 0.05) is 0 Å². The molecule has 100 valence electrons. The van der Waals surface area contributed by atoms with E-state index in [1.54, 1.807) is 12.1 Å². The average Bonchev–Trinajstić information content (AvgIpc) is 2.46. The Bertz CT molecular complexity index is 555. The lowest BCUT2D eigenvalue weighted by Crippen LogP contribution is -2.01. The number of hydrogen-bond acceptors (Lipinski definition) is 3. The minimum Gasteiger partial charge on any atom is -0.493 e. The maximum absolute atomic E-state index is 10.3. The van der Waals surface area contributed by atoms with Crippen molar-refractivity contribution in [2.24, 2.45) is 0 Å².